The van der Waals surface area contributed by atoms with Crippen LogP contribution in [0.1, 0.15) is 24.1 Å². The number of nitrogen functional groups attached to an aromatic ring is 1. The van der Waals surface area contributed by atoms with Crippen LogP contribution in [0.2, 0.25) is 0 Å². The molecule has 19 heavy (non-hydrogen) atoms. The number of nitrogens with two attached hydrogens (primary N) is 1. The fourth-order valence-electron chi connectivity index (χ4n) is 2.98. The minimum atomic E-state index is 0. The summed E-state index contributed by atoms with van der Waals surface area (Å²) in [5.41, 5.74) is 10.6. The first-order chi connectivity index (χ1) is 8.53. The molecule has 2 aromatic rings. The highest BCUT2D eigenvalue weighted by atomic mass is 15.4. The second-order valence-electron chi connectivity index (χ2n) is 5.69. The van der Waals surface area contributed by atoms with Crippen LogP contribution in [0.4, 0.5) is 11.5 Å². The summed E-state index contributed by atoms with van der Waals surface area (Å²) >= 11 is 0. The lowest BCUT2D eigenvalue weighted by molar-refractivity contribution is 0.395. The van der Waals surface area contributed by atoms with Gasteiger partial charge in [-0.25, -0.2) is 4.52 Å². The lowest BCUT2D eigenvalue weighted by atomic mass is 10.2. The summed E-state index contributed by atoms with van der Waals surface area (Å²) in [7, 11) is 2.24. The molecular formula is C15H24N4. The van der Waals surface area contributed by atoms with Crippen molar-refractivity contribution >= 4 is 17.0 Å². The lowest BCUT2D eigenvalue weighted by Crippen LogP contribution is -2.42. The average molecular weight is 260 g/mol. The van der Waals surface area contributed by atoms with Gasteiger partial charge in [0.25, 0.3) is 5.82 Å². The second kappa shape index (κ2) is 4.53. The van der Waals surface area contributed by atoms with Crippen LogP contribution in [-0.2, 0) is 0 Å². The summed E-state index contributed by atoms with van der Waals surface area (Å²) in [5.74, 6) is 1.04. The monoisotopic (exact) mass is 260 g/mol. The zero-order chi connectivity index (χ0) is 12.9. The number of aromatic nitrogens is 2. The van der Waals surface area contributed by atoms with E-state index in [1.165, 1.54) is 24.1 Å². The lowest BCUT2D eigenvalue weighted by Gasteiger charge is -2.25. The maximum atomic E-state index is 6.32. The van der Waals surface area contributed by atoms with E-state index in [2.05, 4.69) is 33.0 Å². The van der Waals surface area contributed by atoms with Crippen molar-refractivity contribution in [1.29, 1.82) is 0 Å². The van der Waals surface area contributed by atoms with Gasteiger partial charge in [-0.2, -0.15) is 0 Å². The number of fused-ring (bicyclic) bond motifs is 1. The Morgan fingerprint density at radius 3 is 2.47 bits per heavy atom. The molecule has 0 saturated carbocycles. The number of quaternary nitrogens is 1. The Kier molecular flexibility index (Phi) is 3.31. The van der Waals surface area contributed by atoms with E-state index < -0.39 is 0 Å². The van der Waals surface area contributed by atoms with Gasteiger partial charge in [-0.15, -0.1) is 5.10 Å². The largest absolute Gasteiger partial charge is 0.391 e. The maximum absolute atomic E-state index is 6.32. The summed E-state index contributed by atoms with van der Waals surface area (Å²) in [6.07, 6.45) is 2.53. The minimum Gasteiger partial charge on any atom is -0.391 e. The van der Waals surface area contributed by atoms with Gasteiger partial charge in [0.15, 0.2) is 0 Å². The summed E-state index contributed by atoms with van der Waals surface area (Å²) in [6, 6.07) is 4.20. The smallest absolute Gasteiger partial charge is 0.270 e. The number of nitrogens with zero attached hydrogens (tertiary/aromatic N) is 3. The Labute approximate surface area is 115 Å². The van der Waals surface area contributed by atoms with E-state index in [0.29, 0.717) is 0 Å². The number of rotatable bonds is 1. The number of hydrogen-bond acceptors (Lipinski definition) is 2. The van der Waals surface area contributed by atoms with Gasteiger partial charge >= 0.3 is 0 Å². The van der Waals surface area contributed by atoms with Crippen LogP contribution in [0, 0.1) is 21.3 Å². The fourth-order valence-corrected chi connectivity index (χ4v) is 2.98. The summed E-state index contributed by atoms with van der Waals surface area (Å²) in [5, 5.41) is 4.79. The standard InChI is InChI=1S/C14H21N4.CH3/c1-10-6-7-12-13(15)14(16-17(12)11(10)2)18(3)8-4-5-9-18;/h6-7H,4-5,8-9,15H2,1-3H3;1H3/q+1;-1. The number of anilines is 1. The van der Waals surface area contributed by atoms with Crippen molar-refractivity contribution in [1.82, 2.24) is 14.1 Å². The molecule has 2 aromatic heterocycles. The van der Waals surface area contributed by atoms with Crippen molar-refractivity contribution in [2.75, 3.05) is 25.9 Å². The van der Waals surface area contributed by atoms with Crippen LogP contribution in [-0.4, -0.2) is 29.8 Å². The highest BCUT2D eigenvalue weighted by molar-refractivity contribution is 5.80. The molecule has 4 heteroatoms. The molecule has 0 amide bonds. The Morgan fingerprint density at radius 2 is 1.84 bits per heavy atom. The predicted molar refractivity (Wildman–Crippen MR) is 82.2 cm³/mol. The van der Waals surface area contributed by atoms with E-state index in [-0.39, 0.29) is 7.43 Å². The zero-order valence-corrected chi connectivity index (χ0v) is 12.4. The first-order valence-corrected chi connectivity index (χ1v) is 6.62. The van der Waals surface area contributed by atoms with Gasteiger partial charge < -0.3 is 13.2 Å². The summed E-state index contributed by atoms with van der Waals surface area (Å²) in [6.45, 7) is 6.50. The minimum absolute atomic E-state index is 0. The van der Waals surface area contributed by atoms with E-state index in [9.17, 15) is 0 Å². The van der Waals surface area contributed by atoms with E-state index >= 15 is 0 Å². The van der Waals surface area contributed by atoms with Gasteiger partial charge in [0.05, 0.1) is 25.7 Å². The SMILES string of the molecule is Cc1ccc2c(N)c([N+]3(C)CCCC3)nn2c1C.[CH3-]. The van der Waals surface area contributed by atoms with Crippen molar-refractivity contribution in [3.63, 3.8) is 0 Å². The molecule has 1 fully saturated rings. The topological polar surface area (TPSA) is 43.3 Å². The normalized spacial score (nSPS) is 17.6. The van der Waals surface area contributed by atoms with Crippen molar-refractivity contribution in [3.8, 4) is 0 Å². The molecule has 0 spiro atoms. The molecular weight excluding hydrogens is 236 g/mol. The Hall–Kier alpha value is -1.55. The third kappa shape index (κ3) is 1.91. The molecule has 0 aliphatic carbocycles. The van der Waals surface area contributed by atoms with E-state index in [4.69, 9.17) is 10.8 Å². The number of aryl methyl sites for hydroxylation is 2. The maximum Gasteiger partial charge on any atom is 0.270 e. The van der Waals surface area contributed by atoms with Crippen molar-refractivity contribution < 1.29 is 0 Å². The molecule has 0 aromatic carbocycles. The fraction of sp³-hybridized carbons (Fsp3) is 0.467. The molecule has 1 aliphatic heterocycles. The molecule has 2 N–H and O–H groups in total. The molecule has 3 rings (SSSR count). The molecule has 0 unspecified atom stereocenters. The first kappa shape index (κ1) is 13.9. The molecule has 104 valence electrons. The summed E-state index contributed by atoms with van der Waals surface area (Å²) in [4.78, 5) is 0. The highest BCUT2D eigenvalue weighted by Crippen LogP contribution is 2.34. The van der Waals surface area contributed by atoms with Crippen LogP contribution in [0.25, 0.3) is 5.52 Å². The third-order valence-electron chi connectivity index (χ3n) is 4.38. The van der Waals surface area contributed by atoms with Crippen LogP contribution in [0.5, 0.6) is 0 Å². The van der Waals surface area contributed by atoms with Gasteiger partial charge in [-0.05, 0) is 25.5 Å². The van der Waals surface area contributed by atoms with E-state index in [0.717, 1.165) is 34.6 Å². The highest BCUT2D eigenvalue weighted by Gasteiger charge is 2.35. The van der Waals surface area contributed by atoms with Gasteiger partial charge in [0.2, 0.25) is 0 Å². The van der Waals surface area contributed by atoms with Crippen LogP contribution in [0.15, 0.2) is 12.1 Å². The van der Waals surface area contributed by atoms with E-state index in [1.807, 2.05) is 4.52 Å². The Morgan fingerprint density at radius 1 is 1.21 bits per heavy atom. The van der Waals surface area contributed by atoms with Crippen LogP contribution >= 0.6 is 0 Å². The molecule has 3 heterocycles. The quantitative estimate of drug-likeness (QED) is 0.633. The van der Waals surface area contributed by atoms with Crippen molar-refractivity contribution in [2.45, 2.75) is 26.7 Å². The Bertz CT molecular complexity index is 606. The van der Waals surface area contributed by atoms with Gasteiger partial charge in [0.1, 0.15) is 5.69 Å². The van der Waals surface area contributed by atoms with Crippen LogP contribution in [0.3, 0.4) is 0 Å². The van der Waals surface area contributed by atoms with Crippen molar-refractivity contribution in [3.05, 3.63) is 30.8 Å². The average Bonchev–Trinajstić information content (AvgIpc) is 2.90. The summed E-state index contributed by atoms with van der Waals surface area (Å²) < 4.78 is 2.88. The second-order valence-corrected chi connectivity index (χ2v) is 5.69. The van der Waals surface area contributed by atoms with E-state index in [1.54, 1.807) is 0 Å². The van der Waals surface area contributed by atoms with Crippen molar-refractivity contribution in [2.24, 2.45) is 0 Å². The third-order valence-corrected chi connectivity index (χ3v) is 4.38. The molecule has 4 nitrogen and oxygen atoms in total. The molecule has 0 atom stereocenters. The number of hydrogen-bond donors (Lipinski definition) is 1. The van der Waals surface area contributed by atoms with Crippen LogP contribution < -0.4 is 10.2 Å². The number of pyridine rings is 1. The van der Waals surface area contributed by atoms with Gasteiger partial charge in [0, 0.05) is 18.5 Å². The first-order valence-electron chi connectivity index (χ1n) is 6.62. The molecule has 1 aliphatic rings. The zero-order valence-electron chi connectivity index (χ0n) is 12.4. The van der Waals surface area contributed by atoms with Gasteiger partial charge in [-0.3, -0.25) is 4.48 Å². The molecule has 1 saturated heterocycles. The molecule has 0 radical (unpaired) electrons. The number of likely N-dealkylation sites (tertiary alicyclic amines) is 1. The molecule has 0 bridgehead atoms. The predicted octanol–water partition coefficient (Wildman–Crippen LogP) is 2.71. The van der Waals surface area contributed by atoms with Gasteiger partial charge in [-0.1, -0.05) is 6.07 Å². The Balaban J connectivity index is 0.00000133.